The van der Waals surface area contributed by atoms with Crippen LogP contribution >= 0.6 is 0 Å². The van der Waals surface area contributed by atoms with Crippen molar-refractivity contribution in [3.05, 3.63) is 0 Å². The van der Waals surface area contributed by atoms with E-state index in [-0.39, 0.29) is 0 Å². The van der Waals surface area contributed by atoms with Gasteiger partial charge in [0.05, 0.1) is 6.04 Å². The first-order valence-corrected chi connectivity index (χ1v) is 19.0. The topological polar surface area (TPSA) is 513 Å². The Balaban J connectivity index is 6.68. The lowest BCUT2D eigenvalue weighted by atomic mass is 10.0. The van der Waals surface area contributed by atoms with Gasteiger partial charge >= 0.3 is 17.9 Å². The van der Waals surface area contributed by atoms with Crippen LogP contribution in [0.1, 0.15) is 89.9 Å². The molecule has 6 amide bonds. The zero-order chi connectivity index (χ0) is 49.3. The monoisotopic (exact) mass is 916 g/mol. The van der Waals surface area contributed by atoms with Crippen molar-refractivity contribution >= 4 is 83.2 Å². The fraction of sp³-hybridized carbons (Fsp3) is 0.600. The Kier molecular flexibility index (Phi) is 25.6. The maximum Gasteiger partial charge on any atom is 0.326 e. The van der Waals surface area contributed by atoms with Gasteiger partial charge in [-0.3, -0.25) is 38.4 Å². The third-order valence-corrected chi connectivity index (χ3v) is 8.62. The Bertz CT molecular complexity index is 1770. The van der Waals surface area contributed by atoms with E-state index in [9.17, 15) is 103 Å². The number of carbonyl (C=O) groups is 14. The smallest absolute Gasteiger partial charge is 0.326 e. The van der Waals surface area contributed by atoms with Crippen LogP contribution in [-0.4, -0.2) is 141 Å². The van der Waals surface area contributed by atoms with Gasteiger partial charge in [-0.15, -0.1) is 0 Å². The second kappa shape index (κ2) is 29.0. The molecule has 0 aromatic rings. The molecule has 7 unspecified atom stereocenters. The van der Waals surface area contributed by atoms with Crippen molar-refractivity contribution in [3.63, 3.8) is 0 Å². The van der Waals surface area contributed by atoms with Crippen LogP contribution in [0.25, 0.3) is 0 Å². The maximum atomic E-state index is 13.6. The number of aliphatic carboxylic acids is 8. The summed E-state index contributed by atoms with van der Waals surface area (Å²) in [5.74, 6) is -21.7. The van der Waals surface area contributed by atoms with Crippen LogP contribution in [0.2, 0.25) is 0 Å². The van der Waals surface area contributed by atoms with Crippen LogP contribution in [0.5, 0.6) is 0 Å². The Labute approximate surface area is 360 Å². The average Bonchev–Trinajstić information content (AvgIpc) is 3.18. The number of amides is 6. The third-order valence-electron chi connectivity index (χ3n) is 8.62. The Hall–Kier alpha value is -7.46. The highest BCUT2D eigenvalue weighted by Crippen LogP contribution is 2.09. The molecule has 0 radical (unpaired) electrons. The van der Waals surface area contributed by atoms with Gasteiger partial charge in [0.1, 0.15) is 36.3 Å². The molecule has 0 fully saturated rings. The largest absolute Gasteiger partial charge is 0.550 e. The van der Waals surface area contributed by atoms with Crippen LogP contribution in [0.4, 0.5) is 0 Å². The standard InChI is InChI=1S/C35H51N7O22/c36-15(1-8-22(43)44)29(57)37-16(2-9-23(45)46)30(58)38-17(3-10-24(47)48)31(59)39-18(4-11-25(49)50)32(60)40-19(5-12-26(51)52)33(61)41-20(6-13-27(53)54)34(62)42-21(35(63)64)7-14-28(55)56/h15-21H,1-14,36H2,(H,37,57)(H,38,58)(H,39,59)(H,40,60)(H,41,61)(H,42,62)(H,43,44)(H,45,46)(H,47,48)(H,49,50)(H,51,52)(H,53,54)(H,55,56)(H,63,64)/p-5. The minimum absolute atomic E-state index is 0.440. The lowest BCUT2D eigenvalue weighted by Gasteiger charge is -2.28. The SMILES string of the molecule is NC(CCC(=O)O)C(=O)NC(CCC(=O)[O-])C(=O)NC(CCC(=O)O)C(=O)NC(CCC(=O)[O-])C(=O)NC(CCC(=O)[O-])C(=O)NC(CCC(=O)[O-])C(=O)NC(CCC(=O)[O-])C(=O)O. The van der Waals surface area contributed by atoms with Crippen LogP contribution in [-0.2, 0) is 67.1 Å². The summed E-state index contributed by atoms with van der Waals surface area (Å²) < 4.78 is 0. The molecule has 0 aliphatic heterocycles. The fourth-order valence-electron chi connectivity index (χ4n) is 5.23. The van der Waals surface area contributed by atoms with E-state index in [0.717, 1.165) is 0 Å². The highest BCUT2D eigenvalue weighted by molar-refractivity contribution is 5.97. The average molecular weight is 917 g/mol. The molecule has 0 saturated carbocycles. The van der Waals surface area contributed by atoms with Gasteiger partial charge in [-0.25, -0.2) is 4.79 Å². The number of nitrogens with one attached hydrogen (secondary N) is 6. The van der Waals surface area contributed by atoms with Crippen LogP contribution in [0.15, 0.2) is 0 Å². The van der Waals surface area contributed by atoms with Gasteiger partial charge in [0.15, 0.2) is 0 Å². The van der Waals surface area contributed by atoms with Gasteiger partial charge in [-0.05, 0) is 77.0 Å². The molecule has 0 aliphatic carbocycles. The van der Waals surface area contributed by atoms with Crippen molar-refractivity contribution < 1.29 is 108 Å². The molecule has 11 N–H and O–H groups in total. The normalized spacial score (nSPS) is 14.0. The number of carboxylic acids is 8. The Morgan fingerprint density at radius 1 is 0.328 bits per heavy atom. The van der Waals surface area contributed by atoms with Crippen LogP contribution < -0.4 is 63.2 Å². The van der Waals surface area contributed by atoms with E-state index < -0.39 is 215 Å². The summed E-state index contributed by atoms with van der Waals surface area (Å²) in [5.41, 5.74) is 5.64. The molecule has 0 aromatic carbocycles. The number of hydrogen-bond donors (Lipinski definition) is 10. The molecule has 0 aliphatic rings. The molecule has 7 atom stereocenters. The molecule has 358 valence electrons. The minimum Gasteiger partial charge on any atom is -0.550 e. The first kappa shape index (κ1) is 56.5. The third kappa shape index (κ3) is 24.7. The van der Waals surface area contributed by atoms with Crippen LogP contribution in [0, 0.1) is 0 Å². The molecular weight excluding hydrogens is 870 g/mol. The summed E-state index contributed by atoms with van der Waals surface area (Å²) in [6.07, 6.45) is -11.5. The minimum atomic E-state index is -2.06. The maximum absolute atomic E-state index is 13.6. The van der Waals surface area contributed by atoms with Gasteiger partial charge < -0.3 is 102 Å². The summed E-state index contributed by atoms with van der Waals surface area (Å²) in [6.45, 7) is 0. The summed E-state index contributed by atoms with van der Waals surface area (Å²) in [4.78, 5) is 169. The van der Waals surface area contributed by atoms with Gasteiger partial charge in [-0.1, -0.05) is 0 Å². The molecule has 0 heterocycles. The predicted octanol–water partition coefficient (Wildman–Crippen LogP) is -11.3. The lowest BCUT2D eigenvalue weighted by Crippen LogP contribution is -2.60. The van der Waals surface area contributed by atoms with E-state index in [2.05, 4.69) is 10.6 Å². The second-order valence-electron chi connectivity index (χ2n) is 13.7. The summed E-state index contributed by atoms with van der Waals surface area (Å²) >= 11 is 0. The predicted molar refractivity (Wildman–Crippen MR) is 192 cm³/mol. The Morgan fingerprint density at radius 2 is 0.531 bits per heavy atom. The zero-order valence-electron chi connectivity index (χ0n) is 33.6. The van der Waals surface area contributed by atoms with Gasteiger partial charge in [0.2, 0.25) is 35.4 Å². The fourth-order valence-corrected chi connectivity index (χ4v) is 5.23. The highest BCUT2D eigenvalue weighted by atomic mass is 16.4. The van der Waals surface area contributed by atoms with Crippen molar-refractivity contribution in [1.82, 2.24) is 31.9 Å². The van der Waals surface area contributed by atoms with E-state index in [4.69, 9.17) is 10.8 Å². The molecule has 29 heteroatoms. The van der Waals surface area contributed by atoms with Crippen molar-refractivity contribution in [2.75, 3.05) is 0 Å². The number of nitrogens with two attached hydrogens (primary N) is 1. The van der Waals surface area contributed by atoms with E-state index in [0.29, 0.717) is 0 Å². The molecule has 0 spiro atoms. The number of rotatable bonds is 34. The van der Waals surface area contributed by atoms with Gasteiger partial charge in [0, 0.05) is 42.7 Å². The first-order valence-electron chi connectivity index (χ1n) is 19.0. The molecule has 64 heavy (non-hydrogen) atoms. The first-order chi connectivity index (χ1) is 29.7. The molecule has 0 bridgehead atoms. The van der Waals surface area contributed by atoms with Crippen LogP contribution in [0.3, 0.4) is 0 Å². The quantitative estimate of drug-likeness (QED) is 0.0286. The van der Waals surface area contributed by atoms with Crippen molar-refractivity contribution in [1.29, 1.82) is 0 Å². The van der Waals surface area contributed by atoms with E-state index in [1.165, 1.54) is 0 Å². The zero-order valence-corrected chi connectivity index (χ0v) is 33.6. The van der Waals surface area contributed by atoms with Crippen molar-refractivity contribution in [2.24, 2.45) is 5.73 Å². The van der Waals surface area contributed by atoms with Crippen molar-refractivity contribution in [3.8, 4) is 0 Å². The van der Waals surface area contributed by atoms with E-state index in [1.54, 1.807) is 0 Å². The summed E-state index contributed by atoms with van der Waals surface area (Å²) in [5, 5.41) is 95.4. The van der Waals surface area contributed by atoms with E-state index >= 15 is 0 Å². The molecule has 29 nitrogen and oxygen atoms in total. The lowest BCUT2D eigenvalue weighted by molar-refractivity contribution is -0.307. The number of hydrogen-bond acceptors (Lipinski definition) is 20. The molecule has 0 saturated heterocycles. The summed E-state index contributed by atoms with van der Waals surface area (Å²) in [6, 6.07) is -13.4. The summed E-state index contributed by atoms with van der Waals surface area (Å²) in [7, 11) is 0. The highest BCUT2D eigenvalue weighted by Gasteiger charge is 2.34. The van der Waals surface area contributed by atoms with Gasteiger partial charge in [-0.2, -0.15) is 0 Å². The molecule has 0 aromatic heterocycles. The molecular formula is C35H46N7O22-5. The second-order valence-corrected chi connectivity index (χ2v) is 13.7. The Morgan fingerprint density at radius 3 is 0.766 bits per heavy atom. The number of carbonyl (C=O) groups excluding carboxylic acids is 11. The number of carboxylic acid groups (broad SMARTS) is 8. The van der Waals surface area contributed by atoms with Gasteiger partial charge in [0.25, 0.3) is 0 Å². The van der Waals surface area contributed by atoms with E-state index in [1.807, 2.05) is 21.3 Å². The van der Waals surface area contributed by atoms with Crippen molar-refractivity contribution in [2.45, 2.75) is 132 Å². The molecule has 0 rings (SSSR count).